The van der Waals surface area contributed by atoms with Gasteiger partial charge in [0.2, 0.25) is 0 Å². The normalized spacial score (nSPS) is 14.6. The summed E-state index contributed by atoms with van der Waals surface area (Å²) in [6.07, 6.45) is 16.4. The highest BCUT2D eigenvalue weighted by atomic mass is 14.2. The Bertz CT molecular complexity index is 477. The van der Waals surface area contributed by atoms with Gasteiger partial charge in [0.05, 0.1) is 0 Å². The van der Waals surface area contributed by atoms with Gasteiger partial charge < -0.3 is 0 Å². The van der Waals surface area contributed by atoms with Crippen molar-refractivity contribution >= 4 is 0 Å². The molecule has 0 amide bonds. The largest absolute Gasteiger partial charge is 0.0776 e. The van der Waals surface area contributed by atoms with Crippen molar-refractivity contribution in [3.8, 4) is 0 Å². The van der Waals surface area contributed by atoms with E-state index >= 15 is 0 Å². The lowest BCUT2D eigenvalue weighted by atomic mass is 9.82. The van der Waals surface area contributed by atoms with Gasteiger partial charge in [0.1, 0.15) is 0 Å². The quantitative estimate of drug-likeness (QED) is 0.319. The fourth-order valence-electron chi connectivity index (χ4n) is 4.72. The second kappa shape index (κ2) is 37.2. The molecule has 3 rings (SSSR count). The average molecular weight is 555 g/mol. The van der Waals surface area contributed by atoms with Gasteiger partial charge in [-0.25, -0.2) is 0 Å². The Morgan fingerprint density at radius 2 is 0.744 bits per heavy atom. The van der Waals surface area contributed by atoms with Crippen molar-refractivity contribution in [1.29, 1.82) is 0 Å². The molecule has 0 atom stereocenters. The highest BCUT2D eigenvalue weighted by Gasteiger charge is 2.16. The molecule has 0 unspecified atom stereocenters. The molecule has 242 valence electrons. The third kappa shape index (κ3) is 31.6. The van der Waals surface area contributed by atoms with Crippen LogP contribution in [0.1, 0.15) is 196 Å². The summed E-state index contributed by atoms with van der Waals surface area (Å²) in [5, 5.41) is 0. The van der Waals surface area contributed by atoms with E-state index in [1.54, 1.807) is 0 Å². The Balaban J connectivity index is -0.0000000685. The first kappa shape index (κ1) is 54.3. The van der Waals surface area contributed by atoms with E-state index in [0.717, 1.165) is 23.7 Å². The number of rotatable bonds is 2. The minimum atomic E-state index is 0. The van der Waals surface area contributed by atoms with Gasteiger partial charge in [-0.1, -0.05) is 221 Å². The van der Waals surface area contributed by atoms with E-state index in [1.165, 1.54) is 76.2 Å². The highest BCUT2D eigenvalue weighted by Crippen LogP contribution is 2.29. The molecule has 2 saturated carbocycles. The Kier molecular flexibility index (Phi) is 51.8. The molecular formula is C39H86. The Hall–Kier alpha value is -0.780. The summed E-state index contributed by atoms with van der Waals surface area (Å²) in [4.78, 5) is 0. The molecule has 0 aliphatic heterocycles. The summed E-state index contributed by atoms with van der Waals surface area (Å²) >= 11 is 0. The molecule has 0 aromatic heterocycles. The van der Waals surface area contributed by atoms with Crippen LogP contribution >= 0.6 is 0 Å². The van der Waals surface area contributed by atoms with Crippen LogP contribution in [-0.4, -0.2) is 0 Å². The number of benzene rings is 1. The van der Waals surface area contributed by atoms with Crippen molar-refractivity contribution in [2.24, 2.45) is 23.7 Å². The van der Waals surface area contributed by atoms with Crippen LogP contribution in [0.15, 0.2) is 30.3 Å². The Morgan fingerprint density at radius 1 is 0.487 bits per heavy atom. The van der Waals surface area contributed by atoms with Crippen LogP contribution in [0.3, 0.4) is 0 Å². The van der Waals surface area contributed by atoms with Crippen molar-refractivity contribution in [1.82, 2.24) is 0 Å². The van der Waals surface area contributed by atoms with Crippen LogP contribution < -0.4 is 0 Å². The molecule has 2 fully saturated rings. The summed E-state index contributed by atoms with van der Waals surface area (Å²) < 4.78 is 0. The van der Waals surface area contributed by atoms with Crippen LogP contribution in [0, 0.1) is 23.7 Å². The van der Waals surface area contributed by atoms with E-state index in [-0.39, 0.29) is 29.7 Å². The minimum absolute atomic E-state index is 0. The van der Waals surface area contributed by atoms with Gasteiger partial charge in [-0.2, -0.15) is 0 Å². The van der Waals surface area contributed by atoms with Crippen molar-refractivity contribution in [2.45, 2.75) is 196 Å². The van der Waals surface area contributed by atoms with Crippen molar-refractivity contribution < 1.29 is 0 Å². The zero-order valence-electron chi connectivity index (χ0n) is 27.0. The van der Waals surface area contributed by atoms with E-state index < -0.39 is 0 Å². The number of hydrogen-bond donors (Lipinski definition) is 0. The maximum atomic E-state index is 2.37. The smallest absolute Gasteiger partial charge is 0.0132 e. The molecule has 2 aliphatic rings. The maximum absolute atomic E-state index is 2.37. The summed E-state index contributed by atoms with van der Waals surface area (Å²) in [6, 6.07) is 10.6. The lowest BCUT2D eigenvalue weighted by Crippen LogP contribution is -2.12. The zero-order valence-corrected chi connectivity index (χ0v) is 27.0. The van der Waals surface area contributed by atoms with E-state index in [0.29, 0.717) is 5.41 Å². The Labute approximate surface area is 255 Å². The van der Waals surface area contributed by atoms with Crippen LogP contribution in [0.2, 0.25) is 0 Å². The molecule has 0 saturated heterocycles. The minimum Gasteiger partial charge on any atom is -0.0776 e. The van der Waals surface area contributed by atoms with E-state index in [4.69, 9.17) is 0 Å². The van der Waals surface area contributed by atoms with E-state index in [1.807, 2.05) is 41.5 Å². The second-order valence-corrected chi connectivity index (χ2v) is 11.3. The predicted octanol–water partition coefficient (Wildman–Crippen LogP) is 15.4. The van der Waals surface area contributed by atoms with Gasteiger partial charge in [0, 0.05) is 0 Å². The molecule has 1 aromatic carbocycles. The van der Waals surface area contributed by atoms with Crippen LogP contribution in [0.4, 0.5) is 0 Å². The topological polar surface area (TPSA) is 0 Å². The van der Waals surface area contributed by atoms with Gasteiger partial charge in [-0.3, -0.25) is 0 Å². The van der Waals surface area contributed by atoms with Gasteiger partial charge in [-0.15, -0.1) is 0 Å². The van der Waals surface area contributed by atoms with Crippen LogP contribution in [-0.2, 0) is 5.41 Å². The molecule has 0 bridgehead atoms. The molecule has 0 nitrogen and oxygen atoms in total. The molecule has 0 heterocycles. The maximum Gasteiger partial charge on any atom is -0.0132 e. The van der Waals surface area contributed by atoms with E-state index in [2.05, 4.69) is 78.8 Å². The first-order valence-corrected chi connectivity index (χ1v) is 15.8. The zero-order chi connectivity index (χ0) is 27.7. The summed E-state index contributed by atoms with van der Waals surface area (Å²) in [5.74, 6) is 3.96. The average Bonchev–Trinajstić information content (AvgIpc) is 3.19. The SMILES string of the molecule is C.C.C.C.CC.CC.CC.CC(C)(C)c1ccccc1.CC(C)C1CCCCC1.CC(C)C1CCCCCC1. The lowest BCUT2D eigenvalue weighted by Gasteiger charge is -2.24. The fraction of sp³-hybridized carbons (Fsp3) is 0.846. The molecule has 0 spiro atoms. The molecule has 0 N–H and O–H groups in total. The number of hydrogen-bond acceptors (Lipinski definition) is 0. The van der Waals surface area contributed by atoms with Gasteiger partial charge in [0.25, 0.3) is 0 Å². The molecule has 2 aliphatic carbocycles. The first-order valence-electron chi connectivity index (χ1n) is 15.8. The highest BCUT2D eigenvalue weighted by molar-refractivity contribution is 5.21. The molecule has 1 aromatic rings. The standard InChI is InChI=1S/C10H14.C10H20.C9H18.3C2H6.4CH4/c1-10(2,3)9-7-5-4-6-8-9;1-9(2)10-7-5-3-4-6-8-10;1-8(2)9-6-4-3-5-7-9;3*1-2;;;;/h4-8H,1-3H3;9-10H,3-8H2,1-2H3;8-9H,3-7H2,1-2H3;3*1-2H3;4*1H4. The second-order valence-electron chi connectivity index (χ2n) is 11.3. The predicted molar refractivity (Wildman–Crippen MR) is 194 cm³/mol. The molecular weight excluding hydrogens is 468 g/mol. The van der Waals surface area contributed by atoms with E-state index in [9.17, 15) is 0 Å². The van der Waals surface area contributed by atoms with Crippen molar-refractivity contribution in [3.05, 3.63) is 35.9 Å². The molecule has 0 heteroatoms. The molecule has 0 radical (unpaired) electrons. The third-order valence-corrected chi connectivity index (χ3v) is 7.08. The monoisotopic (exact) mass is 555 g/mol. The summed E-state index contributed by atoms with van der Waals surface area (Å²) in [6.45, 7) is 28.1. The van der Waals surface area contributed by atoms with Crippen LogP contribution in [0.25, 0.3) is 0 Å². The third-order valence-electron chi connectivity index (χ3n) is 7.08. The van der Waals surface area contributed by atoms with Crippen LogP contribution in [0.5, 0.6) is 0 Å². The molecule has 39 heavy (non-hydrogen) atoms. The summed E-state index contributed by atoms with van der Waals surface area (Å²) in [5.41, 5.74) is 1.69. The van der Waals surface area contributed by atoms with Gasteiger partial charge in [-0.05, 0) is 34.7 Å². The van der Waals surface area contributed by atoms with Gasteiger partial charge >= 0.3 is 0 Å². The Morgan fingerprint density at radius 3 is 0.949 bits per heavy atom. The first-order chi connectivity index (χ1) is 16.7. The van der Waals surface area contributed by atoms with Crippen molar-refractivity contribution in [2.75, 3.05) is 0 Å². The fourth-order valence-corrected chi connectivity index (χ4v) is 4.72. The van der Waals surface area contributed by atoms with Gasteiger partial charge in [0.15, 0.2) is 0 Å². The lowest BCUT2D eigenvalue weighted by molar-refractivity contribution is 0.279. The summed E-state index contributed by atoms with van der Waals surface area (Å²) in [7, 11) is 0. The van der Waals surface area contributed by atoms with Crippen molar-refractivity contribution in [3.63, 3.8) is 0 Å².